The predicted octanol–water partition coefficient (Wildman–Crippen LogP) is 1.89. The molecule has 1 aliphatic heterocycles. The van der Waals surface area contributed by atoms with Crippen molar-refractivity contribution in [3.8, 4) is 0 Å². The van der Waals surface area contributed by atoms with Crippen molar-refractivity contribution in [1.29, 1.82) is 0 Å². The van der Waals surface area contributed by atoms with Crippen LogP contribution in [0.2, 0.25) is 0 Å². The van der Waals surface area contributed by atoms with E-state index < -0.39 is 15.9 Å². The van der Waals surface area contributed by atoms with Gasteiger partial charge in [0.05, 0.1) is 11.0 Å². The Hall–Kier alpha value is -2.22. The summed E-state index contributed by atoms with van der Waals surface area (Å²) in [6, 6.07) is 14.2. The summed E-state index contributed by atoms with van der Waals surface area (Å²) >= 11 is 0. The summed E-state index contributed by atoms with van der Waals surface area (Å²) in [5.74, 6) is -0.147. The van der Waals surface area contributed by atoms with E-state index in [1.54, 1.807) is 11.0 Å². The lowest BCUT2D eigenvalue weighted by Gasteiger charge is -2.36. The van der Waals surface area contributed by atoms with Crippen molar-refractivity contribution in [2.75, 3.05) is 39.0 Å². The Morgan fingerprint density at radius 1 is 1.07 bits per heavy atom. The van der Waals surface area contributed by atoms with Gasteiger partial charge >= 0.3 is 0 Å². The van der Waals surface area contributed by atoms with Crippen molar-refractivity contribution in [2.45, 2.75) is 17.9 Å². The number of benzene rings is 2. The minimum atomic E-state index is -3.36. The van der Waals surface area contributed by atoms with Crippen LogP contribution in [0.4, 0.5) is 0 Å². The van der Waals surface area contributed by atoms with Crippen molar-refractivity contribution in [3.05, 3.63) is 65.2 Å². The Kier molecular flexibility index (Phi) is 6.17. The molecule has 0 aliphatic carbocycles. The summed E-state index contributed by atoms with van der Waals surface area (Å²) in [5, 5.41) is 10.4. The fourth-order valence-electron chi connectivity index (χ4n) is 3.39. The van der Waals surface area contributed by atoms with Crippen molar-refractivity contribution in [1.82, 2.24) is 9.80 Å². The number of nitrogens with zero attached hydrogens (tertiary/aromatic N) is 2. The molecule has 150 valence electrons. The predicted molar refractivity (Wildman–Crippen MR) is 108 cm³/mol. The van der Waals surface area contributed by atoms with Gasteiger partial charge in [0.15, 0.2) is 9.84 Å². The number of piperazine rings is 1. The molecule has 2 aromatic carbocycles. The molecule has 7 heteroatoms. The first-order valence-corrected chi connectivity index (χ1v) is 11.2. The van der Waals surface area contributed by atoms with Gasteiger partial charge in [0, 0.05) is 44.5 Å². The Morgan fingerprint density at radius 3 is 2.32 bits per heavy atom. The fourth-order valence-corrected chi connectivity index (χ4v) is 4.04. The molecule has 1 saturated heterocycles. The van der Waals surface area contributed by atoms with Gasteiger partial charge in [-0.05, 0) is 30.2 Å². The highest BCUT2D eigenvalue weighted by atomic mass is 32.2. The second kappa shape index (κ2) is 8.43. The van der Waals surface area contributed by atoms with E-state index in [2.05, 4.69) is 4.90 Å². The number of aliphatic hydroxyl groups excluding tert-OH is 1. The highest BCUT2D eigenvalue weighted by Crippen LogP contribution is 2.19. The van der Waals surface area contributed by atoms with E-state index in [-0.39, 0.29) is 10.8 Å². The zero-order valence-corrected chi connectivity index (χ0v) is 17.0. The van der Waals surface area contributed by atoms with E-state index in [0.717, 1.165) is 17.4 Å². The van der Waals surface area contributed by atoms with Crippen LogP contribution in [0.15, 0.2) is 53.4 Å². The fraction of sp³-hybridized carbons (Fsp3) is 0.381. The maximum Gasteiger partial charge on any atom is 0.254 e. The number of rotatable bonds is 5. The van der Waals surface area contributed by atoms with Crippen molar-refractivity contribution >= 4 is 15.7 Å². The lowest BCUT2D eigenvalue weighted by molar-refractivity contribution is 0.0527. The van der Waals surface area contributed by atoms with Gasteiger partial charge in [-0.15, -0.1) is 0 Å². The summed E-state index contributed by atoms with van der Waals surface area (Å²) in [7, 11) is -3.36. The maximum absolute atomic E-state index is 12.9. The average molecular weight is 403 g/mol. The first-order valence-electron chi connectivity index (χ1n) is 9.31. The van der Waals surface area contributed by atoms with Crippen molar-refractivity contribution < 1.29 is 18.3 Å². The minimum absolute atomic E-state index is 0.147. The molecular formula is C21H26N2O4S. The van der Waals surface area contributed by atoms with Crippen LogP contribution in [0, 0.1) is 6.92 Å². The van der Waals surface area contributed by atoms with E-state index >= 15 is 0 Å². The zero-order chi connectivity index (χ0) is 20.3. The number of amides is 1. The van der Waals surface area contributed by atoms with Crippen LogP contribution in [0.25, 0.3) is 0 Å². The lowest BCUT2D eigenvalue weighted by Crippen LogP contribution is -2.49. The molecule has 1 heterocycles. The Balaban J connectivity index is 1.63. The largest absolute Gasteiger partial charge is 0.387 e. The van der Waals surface area contributed by atoms with E-state index in [9.17, 15) is 18.3 Å². The van der Waals surface area contributed by atoms with Crippen molar-refractivity contribution in [3.63, 3.8) is 0 Å². The molecule has 1 fully saturated rings. The van der Waals surface area contributed by atoms with Gasteiger partial charge in [-0.1, -0.05) is 36.4 Å². The van der Waals surface area contributed by atoms with Gasteiger partial charge in [0.2, 0.25) is 0 Å². The normalized spacial score (nSPS) is 16.8. The smallest absolute Gasteiger partial charge is 0.254 e. The van der Waals surface area contributed by atoms with Gasteiger partial charge in [0.1, 0.15) is 0 Å². The standard InChI is InChI=1S/C21H26N2O4S/c1-16-8-9-18(28(2,26)27)14-19(16)21(25)23-12-10-22(11-13-23)15-20(24)17-6-4-3-5-7-17/h3-9,14,20,24H,10-13,15H2,1-2H3. The maximum atomic E-state index is 12.9. The third-order valence-electron chi connectivity index (χ3n) is 5.14. The van der Waals surface area contributed by atoms with Crippen LogP contribution >= 0.6 is 0 Å². The second-order valence-electron chi connectivity index (χ2n) is 7.27. The molecule has 28 heavy (non-hydrogen) atoms. The van der Waals surface area contributed by atoms with E-state index in [1.807, 2.05) is 37.3 Å². The van der Waals surface area contributed by atoms with Crippen molar-refractivity contribution in [2.24, 2.45) is 0 Å². The molecule has 0 radical (unpaired) electrons. The summed E-state index contributed by atoms with van der Waals surface area (Å²) in [6.07, 6.45) is 0.583. The number of hydrogen-bond donors (Lipinski definition) is 1. The molecule has 1 amide bonds. The first kappa shape index (κ1) is 20.5. The Bertz CT molecular complexity index is 936. The SMILES string of the molecule is Cc1ccc(S(C)(=O)=O)cc1C(=O)N1CCN(CC(O)c2ccccc2)CC1. The molecule has 0 saturated carbocycles. The minimum Gasteiger partial charge on any atom is -0.387 e. The highest BCUT2D eigenvalue weighted by Gasteiger charge is 2.25. The molecule has 1 aliphatic rings. The number of β-amino-alcohol motifs (C(OH)–C–C–N with tert-alkyl or cyclic N) is 1. The highest BCUT2D eigenvalue weighted by molar-refractivity contribution is 7.90. The molecule has 0 aromatic heterocycles. The van der Waals surface area contributed by atoms with E-state index in [1.165, 1.54) is 12.1 Å². The number of hydrogen-bond acceptors (Lipinski definition) is 5. The number of aryl methyl sites for hydroxylation is 1. The summed E-state index contributed by atoms with van der Waals surface area (Å²) in [6.45, 7) is 4.76. The average Bonchev–Trinajstić information content (AvgIpc) is 2.68. The van der Waals surface area contributed by atoms with Crippen LogP contribution in [0.1, 0.15) is 27.6 Å². The lowest BCUT2D eigenvalue weighted by atomic mass is 10.1. The molecular weight excluding hydrogens is 376 g/mol. The first-order chi connectivity index (χ1) is 13.3. The molecule has 1 N–H and O–H groups in total. The van der Waals surface area contributed by atoms with E-state index in [0.29, 0.717) is 38.3 Å². The Labute approximate surface area is 166 Å². The Morgan fingerprint density at radius 2 is 1.71 bits per heavy atom. The third kappa shape index (κ3) is 4.79. The van der Waals surface area contributed by atoms with E-state index in [4.69, 9.17) is 0 Å². The summed E-state index contributed by atoms with van der Waals surface area (Å²) in [4.78, 5) is 17.0. The number of carbonyl (C=O) groups excluding carboxylic acids is 1. The molecule has 0 spiro atoms. The number of aliphatic hydroxyl groups is 1. The topological polar surface area (TPSA) is 77.9 Å². The zero-order valence-electron chi connectivity index (χ0n) is 16.2. The van der Waals surface area contributed by atoms with Crippen LogP contribution < -0.4 is 0 Å². The molecule has 1 atom stereocenters. The van der Waals surface area contributed by atoms with Gasteiger partial charge < -0.3 is 10.0 Å². The molecule has 2 aromatic rings. The number of carbonyl (C=O) groups is 1. The summed E-state index contributed by atoms with van der Waals surface area (Å²) < 4.78 is 23.6. The van der Waals surface area contributed by atoms with Crippen LogP contribution in [-0.2, 0) is 9.84 Å². The monoisotopic (exact) mass is 402 g/mol. The van der Waals surface area contributed by atoms with Crippen LogP contribution in [0.3, 0.4) is 0 Å². The van der Waals surface area contributed by atoms with Gasteiger partial charge in [0.25, 0.3) is 5.91 Å². The second-order valence-corrected chi connectivity index (χ2v) is 9.28. The van der Waals surface area contributed by atoms with Gasteiger partial charge in [-0.25, -0.2) is 8.42 Å². The molecule has 3 rings (SSSR count). The third-order valence-corrected chi connectivity index (χ3v) is 6.25. The van der Waals surface area contributed by atoms with Gasteiger partial charge in [-0.3, -0.25) is 9.69 Å². The molecule has 6 nitrogen and oxygen atoms in total. The number of sulfone groups is 1. The van der Waals surface area contributed by atoms with Crippen LogP contribution in [-0.4, -0.2) is 68.2 Å². The summed E-state index contributed by atoms with van der Waals surface area (Å²) in [5.41, 5.74) is 2.08. The molecule has 1 unspecified atom stereocenters. The van der Waals surface area contributed by atoms with Crippen LogP contribution in [0.5, 0.6) is 0 Å². The van der Waals surface area contributed by atoms with Gasteiger partial charge in [-0.2, -0.15) is 0 Å². The molecule has 0 bridgehead atoms. The quantitative estimate of drug-likeness (QED) is 0.826.